The van der Waals surface area contributed by atoms with Crippen LogP contribution in [0.25, 0.3) is 34.2 Å². The molecule has 4 heteroatoms. The first kappa shape index (κ1) is 13.4. The number of imidazole rings is 1. The predicted molar refractivity (Wildman–Crippen MR) is 89.5 cm³/mol. The van der Waals surface area contributed by atoms with Crippen molar-refractivity contribution in [2.75, 3.05) is 0 Å². The van der Waals surface area contributed by atoms with Gasteiger partial charge in [0.05, 0.1) is 11.4 Å². The normalized spacial score (nSPS) is 10.6. The molecule has 3 heterocycles. The van der Waals surface area contributed by atoms with Gasteiger partial charge in [-0.25, -0.2) is 0 Å². The van der Waals surface area contributed by atoms with E-state index in [2.05, 4.69) is 9.97 Å². The summed E-state index contributed by atoms with van der Waals surface area (Å²) in [5.41, 5.74) is 4.07. The molecule has 0 fully saturated rings. The molecule has 0 aliphatic heterocycles. The Morgan fingerprint density at radius 3 is 1.96 bits per heavy atom. The molecule has 0 unspecified atom stereocenters. The second kappa shape index (κ2) is 5.85. The molecule has 0 atom stereocenters. The van der Waals surface area contributed by atoms with Gasteiger partial charge in [-0.05, 0) is 41.2 Å². The third kappa shape index (κ3) is 2.62. The highest BCUT2D eigenvalue weighted by Crippen LogP contribution is 2.29. The van der Waals surface area contributed by atoms with Crippen molar-refractivity contribution in [2.45, 2.75) is 0 Å². The fourth-order valence-electron chi connectivity index (χ4n) is 2.42. The first-order valence-electron chi connectivity index (χ1n) is 7.35. The quantitative estimate of drug-likeness (QED) is 0.576. The van der Waals surface area contributed by atoms with Gasteiger partial charge in [-0.1, -0.05) is 48.3 Å². The van der Waals surface area contributed by atoms with Crippen molar-refractivity contribution in [1.29, 1.82) is 0 Å². The topological polar surface area (TPSA) is 52.8 Å². The smallest absolute Gasteiger partial charge is 0.0664 e. The second-order valence-electron chi connectivity index (χ2n) is 5.04. The van der Waals surface area contributed by atoms with E-state index in [9.17, 15) is 0 Å². The molecule has 0 spiro atoms. The maximum atomic E-state index is 4.71. The summed E-state index contributed by atoms with van der Waals surface area (Å²) in [5, 5.41) is 0. The summed E-state index contributed by atoms with van der Waals surface area (Å²) in [6.07, 6.45) is 3.52. The van der Waals surface area contributed by atoms with E-state index < -0.39 is 0 Å². The van der Waals surface area contributed by atoms with Gasteiger partial charge in [0.2, 0.25) is 0 Å². The van der Waals surface area contributed by atoms with E-state index in [4.69, 9.17) is 9.97 Å². The predicted octanol–water partition coefficient (Wildman–Crippen LogP) is 3.83. The highest BCUT2D eigenvalue weighted by atomic mass is 15.0. The molecule has 0 aliphatic carbocycles. The largest absolute Gasteiger partial charge is 0.434 e. The average Bonchev–Trinajstić information content (AvgIpc) is 3.09. The van der Waals surface area contributed by atoms with Gasteiger partial charge in [0, 0.05) is 12.4 Å². The van der Waals surface area contributed by atoms with Crippen LogP contribution in [0.1, 0.15) is 0 Å². The number of rotatable bonds is 3. The molecule has 23 heavy (non-hydrogen) atoms. The van der Waals surface area contributed by atoms with Crippen molar-refractivity contribution in [3.05, 3.63) is 79.1 Å². The summed E-state index contributed by atoms with van der Waals surface area (Å²) in [6.45, 7) is 0. The molecule has 1 aromatic carbocycles. The Morgan fingerprint density at radius 2 is 1.30 bits per heavy atom. The van der Waals surface area contributed by atoms with E-state index >= 15 is 0 Å². The van der Waals surface area contributed by atoms with Crippen LogP contribution in [0.3, 0.4) is 0 Å². The zero-order valence-corrected chi connectivity index (χ0v) is 12.3. The molecule has 0 saturated carbocycles. The maximum Gasteiger partial charge on any atom is 0.0664 e. The molecule has 0 N–H and O–H groups in total. The lowest BCUT2D eigenvalue weighted by atomic mass is 10.2. The zero-order valence-electron chi connectivity index (χ0n) is 12.3. The first-order valence-corrected chi connectivity index (χ1v) is 7.35. The number of hydrogen-bond acceptors (Lipinski definition) is 3. The Morgan fingerprint density at radius 1 is 0.652 bits per heavy atom. The van der Waals surface area contributed by atoms with Crippen LogP contribution in [0, 0.1) is 0 Å². The molecule has 0 aliphatic rings. The minimum atomic E-state index is 0.687. The lowest BCUT2D eigenvalue weighted by Gasteiger charge is -2.06. The third-order valence-corrected chi connectivity index (χ3v) is 3.51. The molecule has 4 aromatic rings. The van der Waals surface area contributed by atoms with Crippen LogP contribution >= 0.6 is 0 Å². The molecular formula is C19H13N4-. The molecule has 4 rings (SSSR count). The molecule has 0 amide bonds. The van der Waals surface area contributed by atoms with Crippen LogP contribution in [0.4, 0.5) is 0 Å². The molecule has 3 aromatic heterocycles. The summed E-state index contributed by atoms with van der Waals surface area (Å²) >= 11 is 0. The third-order valence-electron chi connectivity index (χ3n) is 3.51. The Balaban J connectivity index is 1.91. The molecule has 0 bridgehead atoms. The lowest BCUT2D eigenvalue weighted by Crippen LogP contribution is -1.89. The Labute approximate surface area is 133 Å². The Bertz CT molecular complexity index is 843. The summed E-state index contributed by atoms with van der Waals surface area (Å²) in [4.78, 5) is 18.3. The van der Waals surface area contributed by atoms with Crippen molar-refractivity contribution >= 4 is 0 Å². The highest BCUT2D eigenvalue weighted by molar-refractivity contribution is 5.77. The van der Waals surface area contributed by atoms with Gasteiger partial charge in [0.1, 0.15) is 0 Å². The summed E-state index contributed by atoms with van der Waals surface area (Å²) < 4.78 is 0. The van der Waals surface area contributed by atoms with E-state index in [0.717, 1.165) is 28.3 Å². The molecular weight excluding hydrogens is 284 g/mol. The van der Waals surface area contributed by atoms with Gasteiger partial charge in [0.15, 0.2) is 0 Å². The lowest BCUT2D eigenvalue weighted by molar-refractivity contribution is 1.25. The maximum absolute atomic E-state index is 4.71. The molecule has 110 valence electrons. The van der Waals surface area contributed by atoms with Crippen molar-refractivity contribution in [2.24, 2.45) is 0 Å². The SMILES string of the molecule is c1ccc(-c2nc(-c3ccccn3)c(-c3ccccn3)[n-]2)cc1. The van der Waals surface area contributed by atoms with Gasteiger partial charge >= 0.3 is 0 Å². The van der Waals surface area contributed by atoms with Gasteiger partial charge in [-0.3, -0.25) is 9.97 Å². The highest BCUT2D eigenvalue weighted by Gasteiger charge is 2.08. The molecule has 0 saturated heterocycles. The van der Waals surface area contributed by atoms with Crippen molar-refractivity contribution < 1.29 is 0 Å². The van der Waals surface area contributed by atoms with E-state index in [1.54, 1.807) is 12.4 Å². The zero-order chi connectivity index (χ0) is 15.5. The minimum absolute atomic E-state index is 0.687. The standard InChI is InChI=1S/C19H13N4/c1-2-8-14(9-3-1)19-22-17(15-10-4-6-12-20-15)18(23-19)16-11-5-7-13-21-16/h1-13H/q-1. The fraction of sp³-hybridized carbons (Fsp3) is 0. The van der Waals surface area contributed by atoms with E-state index in [1.165, 1.54) is 0 Å². The number of aromatic nitrogens is 4. The van der Waals surface area contributed by atoms with Crippen LogP contribution in [0.15, 0.2) is 79.1 Å². The molecule has 4 nitrogen and oxygen atoms in total. The van der Waals surface area contributed by atoms with Gasteiger partial charge in [-0.15, -0.1) is 0 Å². The Hall–Kier alpha value is -3.27. The summed E-state index contributed by atoms with van der Waals surface area (Å²) in [6, 6.07) is 21.5. The monoisotopic (exact) mass is 297 g/mol. The first-order chi connectivity index (χ1) is 11.4. The fourth-order valence-corrected chi connectivity index (χ4v) is 2.42. The van der Waals surface area contributed by atoms with Crippen LogP contribution in [-0.4, -0.2) is 15.0 Å². The minimum Gasteiger partial charge on any atom is -0.434 e. The number of nitrogens with zero attached hydrogens (tertiary/aromatic N) is 4. The summed E-state index contributed by atoms with van der Waals surface area (Å²) in [7, 11) is 0. The van der Waals surface area contributed by atoms with E-state index in [1.807, 2.05) is 66.7 Å². The van der Waals surface area contributed by atoms with E-state index in [0.29, 0.717) is 5.82 Å². The van der Waals surface area contributed by atoms with E-state index in [-0.39, 0.29) is 0 Å². The van der Waals surface area contributed by atoms with Gasteiger partial charge in [-0.2, -0.15) is 0 Å². The van der Waals surface area contributed by atoms with Crippen LogP contribution in [0.2, 0.25) is 0 Å². The van der Waals surface area contributed by atoms with Crippen molar-refractivity contribution in [1.82, 2.24) is 19.9 Å². The van der Waals surface area contributed by atoms with Crippen molar-refractivity contribution in [3.8, 4) is 34.2 Å². The average molecular weight is 297 g/mol. The van der Waals surface area contributed by atoms with Crippen LogP contribution < -0.4 is 4.98 Å². The van der Waals surface area contributed by atoms with Crippen LogP contribution in [0.5, 0.6) is 0 Å². The van der Waals surface area contributed by atoms with Crippen molar-refractivity contribution in [3.63, 3.8) is 0 Å². The number of hydrogen-bond donors (Lipinski definition) is 0. The van der Waals surface area contributed by atoms with Gasteiger partial charge in [0.25, 0.3) is 0 Å². The van der Waals surface area contributed by atoms with Gasteiger partial charge < -0.3 is 9.97 Å². The Kier molecular flexibility index (Phi) is 3.41. The number of benzene rings is 1. The second-order valence-corrected chi connectivity index (χ2v) is 5.04. The van der Waals surface area contributed by atoms with Crippen LogP contribution in [-0.2, 0) is 0 Å². The molecule has 0 radical (unpaired) electrons. The summed E-state index contributed by atoms with van der Waals surface area (Å²) in [5.74, 6) is 0.687. The number of pyridine rings is 2.